The lowest BCUT2D eigenvalue weighted by atomic mass is 9.77. The van der Waals surface area contributed by atoms with Crippen molar-refractivity contribution in [1.82, 2.24) is 14.5 Å². The molecule has 0 saturated heterocycles. The summed E-state index contributed by atoms with van der Waals surface area (Å²) < 4.78 is 2.10. The summed E-state index contributed by atoms with van der Waals surface area (Å²) in [5.41, 5.74) is 2.04. The van der Waals surface area contributed by atoms with Gasteiger partial charge in [-0.05, 0) is 30.4 Å². The van der Waals surface area contributed by atoms with Crippen LogP contribution in [0.4, 0.5) is 0 Å². The van der Waals surface area contributed by atoms with Gasteiger partial charge in [0.05, 0.1) is 10.7 Å². The van der Waals surface area contributed by atoms with E-state index in [4.69, 9.17) is 11.6 Å². The minimum Gasteiger partial charge on any atom is -0.267 e. The van der Waals surface area contributed by atoms with E-state index in [1.54, 1.807) is 6.07 Å². The fraction of sp³-hybridized carbons (Fsp3) is 0.450. The van der Waals surface area contributed by atoms with Gasteiger partial charge in [-0.3, -0.25) is 9.36 Å². The van der Waals surface area contributed by atoms with Crippen LogP contribution in [-0.2, 0) is 5.41 Å². The maximum Gasteiger partial charge on any atom is 0.277 e. The maximum atomic E-state index is 13.1. The molecule has 0 bridgehead atoms. The SMILES string of the molecule is Cc1cccc(Cl)c1-n1cnc2nc(C(C)(C)CC(C)(C)C)sc2c1=O. The first-order chi connectivity index (χ1) is 12.0. The number of benzene rings is 1. The van der Waals surface area contributed by atoms with Gasteiger partial charge in [-0.15, -0.1) is 11.3 Å². The first kappa shape index (κ1) is 19.1. The van der Waals surface area contributed by atoms with Crippen LogP contribution in [0, 0.1) is 12.3 Å². The molecular formula is C20H24ClN3OS. The summed E-state index contributed by atoms with van der Waals surface area (Å²) in [6.07, 6.45) is 2.50. The summed E-state index contributed by atoms with van der Waals surface area (Å²) >= 11 is 7.78. The second-order valence-electron chi connectivity index (χ2n) is 8.62. The standard InChI is InChI=1S/C20H24ClN3OS/c1-12-8-7-9-13(21)14(12)24-11-22-16-15(17(24)25)26-18(23-16)20(5,6)10-19(2,3)4/h7-9,11H,10H2,1-6H3. The lowest BCUT2D eigenvalue weighted by Crippen LogP contribution is -2.24. The Morgan fingerprint density at radius 2 is 1.88 bits per heavy atom. The van der Waals surface area contributed by atoms with Gasteiger partial charge in [-0.2, -0.15) is 0 Å². The van der Waals surface area contributed by atoms with Crippen LogP contribution in [0.5, 0.6) is 0 Å². The van der Waals surface area contributed by atoms with E-state index in [0.717, 1.165) is 17.0 Å². The van der Waals surface area contributed by atoms with Gasteiger partial charge in [0, 0.05) is 5.41 Å². The molecule has 138 valence electrons. The van der Waals surface area contributed by atoms with Crippen molar-refractivity contribution in [3.8, 4) is 5.69 Å². The molecule has 0 aliphatic rings. The lowest BCUT2D eigenvalue weighted by Gasteiger charge is -2.30. The number of fused-ring (bicyclic) bond motifs is 1. The molecule has 3 rings (SSSR count). The molecule has 1 aromatic carbocycles. The van der Waals surface area contributed by atoms with Crippen LogP contribution in [0.2, 0.25) is 5.02 Å². The van der Waals surface area contributed by atoms with Gasteiger partial charge in [0.2, 0.25) is 0 Å². The molecule has 0 spiro atoms. The van der Waals surface area contributed by atoms with Gasteiger partial charge < -0.3 is 0 Å². The molecule has 0 saturated carbocycles. The fourth-order valence-corrected chi connectivity index (χ4v) is 4.95. The summed E-state index contributed by atoms with van der Waals surface area (Å²) in [5, 5.41) is 1.48. The molecule has 0 unspecified atom stereocenters. The largest absolute Gasteiger partial charge is 0.277 e. The molecule has 26 heavy (non-hydrogen) atoms. The minimum atomic E-state index is -0.124. The third-order valence-electron chi connectivity index (χ3n) is 4.30. The Morgan fingerprint density at radius 3 is 2.50 bits per heavy atom. The van der Waals surface area contributed by atoms with Crippen LogP contribution in [0.3, 0.4) is 0 Å². The topological polar surface area (TPSA) is 47.8 Å². The van der Waals surface area contributed by atoms with E-state index < -0.39 is 0 Å². The Kier molecular flexibility index (Phi) is 4.74. The first-order valence-corrected chi connectivity index (χ1v) is 9.83. The van der Waals surface area contributed by atoms with Crippen LogP contribution in [0.15, 0.2) is 29.3 Å². The Labute approximate surface area is 162 Å². The monoisotopic (exact) mass is 389 g/mol. The summed E-state index contributed by atoms with van der Waals surface area (Å²) in [6, 6.07) is 5.59. The molecular weight excluding hydrogens is 366 g/mol. The van der Waals surface area contributed by atoms with Gasteiger partial charge in [0.1, 0.15) is 16.0 Å². The smallest absolute Gasteiger partial charge is 0.267 e. The predicted molar refractivity (Wildman–Crippen MR) is 110 cm³/mol. The number of para-hydroxylation sites is 1. The molecule has 0 radical (unpaired) electrons. The van der Waals surface area contributed by atoms with E-state index in [1.807, 2.05) is 19.1 Å². The zero-order valence-electron chi connectivity index (χ0n) is 16.1. The van der Waals surface area contributed by atoms with Crippen molar-refractivity contribution in [1.29, 1.82) is 0 Å². The molecule has 0 fully saturated rings. The van der Waals surface area contributed by atoms with Gasteiger partial charge in [0.15, 0.2) is 5.65 Å². The molecule has 2 aromatic heterocycles. The highest BCUT2D eigenvalue weighted by Gasteiger charge is 2.31. The van der Waals surface area contributed by atoms with E-state index >= 15 is 0 Å². The van der Waals surface area contributed by atoms with Crippen LogP contribution in [-0.4, -0.2) is 14.5 Å². The second-order valence-corrected chi connectivity index (χ2v) is 10.0. The van der Waals surface area contributed by atoms with Gasteiger partial charge >= 0.3 is 0 Å². The Morgan fingerprint density at radius 1 is 1.19 bits per heavy atom. The maximum absolute atomic E-state index is 13.1. The number of aromatic nitrogens is 3. The van der Waals surface area contributed by atoms with E-state index in [0.29, 0.717) is 21.1 Å². The molecule has 0 aliphatic carbocycles. The van der Waals surface area contributed by atoms with Crippen molar-refractivity contribution in [2.45, 2.75) is 53.4 Å². The van der Waals surface area contributed by atoms with E-state index in [-0.39, 0.29) is 16.4 Å². The molecule has 0 amide bonds. The molecule has 0 N–H and O–H groups in total. The minimum absolute atomic E-state index is 0.124. The molecule has 3 aromatic rings. The number of rotatable bonds is 3. The van der Waals surface area contributed by atoms with Crippen LogP contribution >= 0.6 is 22.9 Å². The Hall–Kier alpha value is -1.72. The third kappa shape index (κ3) is 3.55. The number of hydrogen-bond donors (Lipinski definition) is 0. The van der Waals surface area contributed by atoms with Gasteiger partial charge in [-0.1, -0.05) is 58.4 Å². The zero-order valence-corrected chi connectivity index (χ0v) is 17.6. The van der Waals surface area contributed by atoms with Gasteiger partial charge in [-0.25, -0.2) is 9.97 Å². The van der Waals surface area contributed by atoms with E-state index in [1.165, 1.54) is 22.2 Å². The average molecular weight is 390 g/mol. The Bertz CT molecular complexity index is 1010. The summed E-state index contributed by atoms with van der Waals surface area (Å²) in [7, 11) is 0. The molecule has 0 aliphatic heterocycles. The highest BCUT2D eigenvalue weighted by Crippen LogP contribution is 2.38. The highest BCUT2D eigenvalue weighted by molar-refractivity contribution is 7.18. The Balaban J connectivity index is 2.16. The molecule has 0 atom stereocenters. The number of hydrogen-bond acceptors (Lipinski definition) is 4. The molecule has 6 heteroatoms. The second kappa shape index (κ2) is 6.46. The van der Waals surface area contributed by atoms with Crippen molar-refractivity contribution in [3.63, 3.8) is 0 Å². The van der Waals surface area contributed by atoms with Crippen molar-refractivity contribution in [2.75, 3.05) is 0 Å². The van der Waals surface area contributed by atoms with Crippen molar-refractivity contribution in [3.05, 3.63) is 50.5 Å². The normalized spacial score (nSPS) is 12.7. The third-order valence-corrected chi connectivity index (χ3v) is 6.00. The van der Waals surface area contributed by atoms with Crippen molar-refractivity contribution >= 4 is 33.3 Å². The van der Waals surface area contributed by atoms with Crippen molar-refractivity contribution in [2.24, 2.45) is 5.41 Å². The van der Waals surface area contributed by atoms with Crippen LogP contribution < -0.4 is 5.56 Å². The summed E-state index contributed by atoms with van der Waals surface area (Å²) in [6.45, 7) is 12.9. The van der Waals surface area contributed by atoms with Crippen LogP contribution in [0.25, 0.3) is 16.0 Å². The summed E-state index contributed by atoms with van der Waals surface area (Å²) in [5.74, 6) is 0. The fourth-order valence-electron chi connectivity index (χ4n) is 3.59. The van der Waals surface area contributed by atoms with E-state index in [2.05, 4.69) is 44.6 Å². The summed E-state index contributed by atoms with van der Waals surface area (Å²) in [4.78, 5) is 22.2. The first-order valence-electron chi connectivity index (χ1n) is 8.64. The number of thiazole rings is 1. The average Bonchev–Trinajstić information content (AvgIpc) is 2.93. The number of halogens is 1. The number of nitrogens with zero attached hydrogens (tertiary/aromatic N) is 3. The lowest BCUT2D eigenvalue weighted by molar-refractivity contribution is 0.284. The predicted octanol–water partition coefficient (Wildman–Crippen LogP) is 5.52. The molecule has 2 heterocycles. The quantitative estimate of drug-likeness (QED) is 0.592. The van der Waals surface area contributed by atoms with Gasteiger partial charge in [0.25, 0.3) is 5.56 Å². The number of aryl methyl sites for hydroxylation is 1. The van der Waals surface area contributed by atoms with Crippen molar-refractivity contribution < 1.29 is 0 Å². The zero-order chi connectivity index (χ0) is 19.3. The highest BCUT2D eigenvalue weighted by atomic mass is 35.5. The molecule has 4 nitrogen and oxygen atoms in total. The van der Waals surface area contributed by atoms with E-state index in [9.17, 15) is 4.79 Å². The van der Waals surface area contributed by atoms with Crippen LogP contribution in [0.1, 0.15) is 51.6 Å².